The van der Waals surface area contributed by atoms with Gasteiger partial charge in [0.25, 0.3) is 0 Å². The molecule has 116 valence electrons. The van der Waals surface area contributed by atoms with Crippen LogP contribution in [0.25, 0.3) is 0 Å². The van der Waals surface area contributed by atoms with Crippen LogP contribution >= 0.6 is 11.6 Å². The molecule has 1 aliphatic rings. The van der Waals surface area contributed by atoms with E-state index < -0.39 is 0 Å². The highest BCUT2D eigenvalue weighted by Crippen LogP contribution is 2.40. The van der Waals surface area contributed by atoms with Crippen LogP contribution in [0.1, 0.15) is 50.4 Å². The summed E-state index contributed by atoms with van der Waals surface area (Å²) >= 11 is 6.42. The van der Waals surface area contributed by atoms with Crippen molar-refractivity contribution >= 4 is 28.9 Å². The van der Waals surface area contributed by atoms with E-state index in [1.54, 1.807) is 19.1 Å². The average molecular weight is 311 g/mol. The van der Waals surface area contributed by atoms with E-state index in [4.69, 9.17) is 22.1 Å². The normalized spacial score (nSPS) is 21.6. The van der Waals surface area contributed by atoms with Gasteiger partial charge in [-0.25, -0.2) is 4.79 Å². The Morgan fingerprint density at radius 3 is 2.76 bits per heavy atom. The van der Waals surface area contributed by atoms with E-state index in [9.17, 15) is 4.79 Å². The first kappa shape index (κ1) is 16.0. The predicted octanol–water partition coefficient (Wildman–Crippen LogP) is 3.87. The molecule has 0 aliphatic carbocycles. The average Bonchev–Trinajstić information content (AvgIpc) is 2.79. The second-order valence-corrected chi connectivity index (χ2v) is 5.92. The van der Waals surface area contributed by atoms with E-state index in [1.807, 2.05) is 0 Å². The number of carbonyl (C=O) groups excluding carboxylic acids is 1. The fraction of sp³-hybridized carbons (Fsp3) is 0.562. The molecular weight excluding hydrogens is 288 g/mol. The number of hydrogen-bond acceptors (Lipinski definition) is 4. The van der Waals surface area contributed by atoms with Crippen molar-refractivity contribution in [2.45, 2.75) is 52.1 Å². The minimum absolute atomic E-state index is 0.331. The van der Waals surface area contributed by atoms with Crippen LogP contribution < -0.4 is 10.6 Å². The molecule has 0 aromatic heterocycles. The van der Waals surface area contributed by atoms with Gasteiger partial charge in [-0.1, -0.05) is 18.5 Å². The van der Waals surface area contributed by atoms with Crippen molar-refractivity contribution in [3.63, 3.8) is 0 Å². The Morgan fingerprint density at radius 2 is 2.14 bits per heavy atom. The molecule has 0 bridgehead atoms. The van der Waals surface area contributed by atoms with Gasteiger partial charge in [0.1, 0.15) is 0 Å². The Balaban J connectivity index is 2.53. The van der Waals surface area contributed by atoms with Gasteiger partial charge in [0, 0.05) is 17.8 Å². The summed E-state index contributed by atoms with van der Waals surface area (Å²) in [4.78, 5) is 14.5. The van der Waals surface area contributed by atoms with Gasteiger partial charge >= 0.3 is 5.97 Å². The number of nitrogens with zero attached hydrogens (tertiary/aromatic N) is 1. The van der Waals surface area contributed by atoms with E-state index in [0.717, 1.165) is 24.9 Å². The second-order valence-electron chi connectivity index (χ2n) is 5.52. The van der Waals surface area contributed by atoms with Crippen LogP contribution in [0.15, 0.2) is 12.1 Å². The summed E-state index contributed by atoms with van der Waals surface area (Å²) in [6.45, 7) is 6.44. The Kier molecular flexibility index (Phi) is 4.99. The van der Waals surface area contributed by atoms with E-state index >= 15 is 0 Å². The number of esters is 1. The SMILES string of the molecule is CCOC(=O)c1cc(N)cc(Cl)c1N1C(C)CCC1CC. The van der Waals surface area contributed by atoms with E-state index in [2.05, 4.69) is 18.7 Å². The Morgan fingerprint density at radius 1 is 1.43 bits per heavy atom. The molecule has 21 heavy (non-hydrogen) atoms. The fourth-order valence-corrected chi connectivity index (χ4v) is 3.45. The van der Waals surface area contributed by atoms with Gasteiger partial charge in [-0.2, -0.15) is 0 Å². The molecule has 0 saturated carbocycles. The van der Waals surface area contributed by atoms with Crippen molar-refractivity contribution in [1.82, 2.24) is 0 Å². The molecule has 2 rings (SSSR count). The maximum Gasteiger partial charge on any atom is 0.340 e. The van der Waals surface area contributed by atoms with Crippen molar-refractivity contribution in [2.24, 2.45) is 0 Å². The molecule has 1 aliphatic heterocycles. The van der Waals surface area contributed by atoms with Crippen LogP contribution in [0, 0.1) is 0 Å². The maximum absolute atomic E-state index is 12.3. The largest absolute Gasteiger partial charge is 0.462 e. The van der Waals surface area contributed by atoms with Gasteiger partial charge in [-0.05, 0) is 45.2 Å². The fourth-order valence-electron chi connectivity index (χ4n) is 3.12. The third-order valence-corrected chi connectivity index (χ3v) is 4.38. The minimum atomic E-state index is -0.365. The lowest BCUT2D eigenvalue weighted by Gasteiger charge is -2.32. The molecule has 0 spiro atoms. The summed E-state index contributed by atoms with van der Waals surface area (Å²) in [5, 5.41) is 0.519. The number of halogens is 1. The highest BCUT2D eigenvalue weighted by molar-refractivity contribution is 6.34. The zero-order valence-electron chi connectivity index (χ0n) is 12.9. The zero-order chi connectivity index (χ0) is 15.6. The first-order chi connectivity index (χ1) is 9.99. The van der Waals surface area contributed by atoms with Gasteiger partial charge in [-0.3, -0.25) is 0 Å². The molecule has 1 heterocycles. The van der Waals surface area contributed by atoms with Crippen molar-refractivity contribution in [3.8, 4) is 0 Å². The lowest BCUT2D eigenvalue weighted by molar-refractivity contribution is 0.0527. The summed E-state index contributed by atoms with van der Waals surface area (Å²) in [6, 6.07) is 4.12. The minimum Gasteiger partial charge on any atom is -0.462 e. The number of nitrogen functional groups attached to an aromatic ring is 1. The van der Waals surface area contributed by atoms with Crippen LogP contribution in [0.5, 0.6) is 0 Å². The lowest BCUT2D eigenvalue weighted by Crippen LogP contribution is -2.35. The van der Waals surface area contributed by atoms with Gasteiger partial charge in [0.05, 0.1) is 22.9 Å². The summed E-state index contributed by atoms with van der Waals surface area (Å²) in [5.41, 5.74) is 7.56. The molecule has 2 atom stereocenters. The van der Waals surface area contributed by atoms with Gasteiger partial charge < -0.3 is 15.4 Å². The number of benzene rings is 1. The van der Waals surface area contributed by atoms with Crippen LogP contribution in [0.3, 0.4) is 0 Å². The molecule has 0 amide bonds. The smallest absolute Gasteiger partial charge is 0.340 e. The topological polar surface area (TPSA) is 55.6 Å². The van der Waals surface area contributed by atoms with Gasteiger partial charge in [0.15, 0.2) is 0 Å². The maximum atomic E-state index is 12.3. The molecule has 2 unspecified atom stereocenters. The number of nitrogens with two attached hydrogens (primary N) is 1. The van der Waals surface area contributed by atoms with Crippen molar-refractivity contribution in [2.75, 3.05) is 17.2 Å². The molecule has 1 fully saturated rings. The van der Waals surface area contributed by atoms with Crippen molar-refractivity contribution in [1.29, 1.82) is 0 Å². The summed E-state index contributed by atoms with van der Waals surface area (Å²) in [7, 11) is 0. The van der Waals surface area contributed by atoms with Gasteiger partial charge in [-0.15, -0.1) is 0 Å². The van der Waals surface area contributed by atoms with E-state index in [-0.39, 0.29) is 5.97 Å². The highest BCUT2D eigenvalue weighted by Gasteiger charge is 2.33. The molecule has 2 N–H and O–H groups in total. The quantitative estimate of drug-likeness (QED) is 0.677. The van der Waals surface area contributed by atoms with Crippen LogP contribution in [-0.4, -0.2) is 24.7 Å². The monoisotopic (exact) mass is 310 g/mol. The zero-order valence-corrected chi connectivity index (χ0v) is 13.6. The molecule has 4 nitrogen and oxygen atoms in total. The van der Waals surface area contributed by atoms with Crippen molar-refractivity contribution in [3.05, 3.63) is 22.7 Å². The van der Waals surface area contributed by atoms with E-state index in [1.165, 1.54) is 0 Å². The molecule has 1 aromatic rings. The summed E-state index contributed by atoms with van der Waals surface area (Å²) < 4.78 is 5.16. The standard InChI is InChI=1S/C16H23ClN2O2/c1-4-12-7-6-10(3)19(12)15-13(16(20)21-5-2)8-11(18)9-14(15)17/h8-10,12H,4-7,18H2,1-3H3. The second kappa shape index (κ2) is 6.56. The lowest BCUT2D eigenvalue weighted by atomic mass is 10.1. The molecule has 0 radical (unpaired) electrons. The molecule has 5 heteroatoms. The molecule has 1 saturated heterocycles. The van der Waals surface area contributed by atoms with Crippen LogP contribution in [-0.2, 0) is 4.74 Å². The van der Waals surface area contributed by atoms with E-state index in [0.29, 0.717) is 35.0 Å². The number of carbonyl (C=O) groups is 1. The number of rotatable bonds is 4. The van der Waals surface area contributed by atoms with Crippen molar-refractivity contribution < 1.29 is 9.53 Å². The summed E-state index contributed by atoms with van der Waals surface area (Å²) in [6.07, 6.45) is 3.23. The summed E-state index contributed by atoms with van der Waals surface area (Å²) in [5.74, 6) is -0.365. The number of ether oxygens (including phenoxy) is 1. The number of anilines is 2. The molecule has 1 aromatic carbocycles. The van der Waals surface area contributed by atoms with Gasteiger partial charge in [0.2, 0.25) is 0 Å². The predicted molar refractivity (Wildman–Crippen MR) is 87.1 cm³/mol. The Bertz CT molecular complexity index is 533. The third-order valence-electron chi connectivity index (χ3n) is 4.10. The first-order valence-corrected chi connectivity index (χ1v) is 7.91. The molecular formula is C16H23ClN2O2. The van der Waals surface area contributed by atoms with Crippen LogP contribution in [0.4, 0.5) is 11.4 Å². The third kappa shape index (κ3) is 3.10. The Labute approximate surface area is 131 Å². The van der Waals surface area contributed by atoms with Crippen LogP contribution in [0.2, 0.25) is 5.02 Å². The first-order valence-electron chi connectivity index (χ1n) is 7.54. The highest BCUT2D eigenvalue weighted by atomic mass is 35.5. The number of hydrogen-bond donors (Lipinski definition) is 1. The Hall–Kier alpha value is -1.42.